The predicted octanol–water partition coefficient (Wildman–Crippen LogP) is 5.44. The second kappa shape index (κ2) is 5.89. The van der Waals surface area contributed by atoms with E-state index in [1.54, 1.807) is 0 Å². The molecule has 0 bridgehead atoms. The van der Waals surface area contributed by atoms with Gasteiger partial charge in [0.2, 0.25) is 0 Å². The minimum atomic E-state index is 0.841. The summed E-state index contributed by atoms with van der Waals surface area (Å²) >= 11 is 7.05. The van der Waals surface area contributed by atoms with Crippen molar-refractivity contribution in [1.29, 1.82) is 0 Å². The Hall–Kier alpha value is -0.800. The quantitative estimate of drug-likeness (QED) is 0.760. The molecule has 2 aromatic carbocycles. The van der Waals surface area contributed by atoms with E-state index >= 15 is 0 Å². The van der Waals surface area contributed by atoms with E-state index in [0.717, 1.165) is 21.2 Å². The summed E-state index contributed by atoms with van der Waals surface area (Å²) in [7, 11) is 0. The van der Waals surface area contributed by atoms with Crippen LogP contribution in [-0.2, 0) is 6.54 Å². The molecule has 0 aliphatic carbocycles. The SMILES string of the molecule is Cc1cccc(C)c1CNc1cc(Br)ccc1Br. The first-order valence-electron chi connectivity index (χ1n) is 5.82. The molecule has 0 saturated carbocycles. The van der Waals surface area contributed by atoms with Crippen LogP contribution in [-0.4, -0.2) is 0 Å². The number of halogens is 2. The fraction of sp³-hybridized carbons (Fsp3) is 0.200. The number of hydrogen-bond acceptors (Lipinski definition) is 1. The van der Waals surface area contributed by atoms with Crippen LogP contribution in [0.3, 0.4) is 0 Å². The number of aryl methyl sites for hydroxylation is 2. The average Bonchev–Trinajstić information content (AvgIpc) is 2.33. The highest BCUT2D eigenvalue weighted by atomic mass is 79.9. The lowest BCUT2D eigenvalue weighted by atomic mass is 10.0. The molecule has 0 aliphatic rings. The second-order valence-electron chi connectivity index (χ2n) is 4.35. The van der Waals surface area contributed by atoms with Crippen LogP contribution < -0.4 is 5.32 Å². The molecule has 0 aromatic heterocycles. The van der Waals surface area contributed by atoms with E-state index < -0.39 is 0 Å². The molecule has 0 spiro atoms. The largest absolute Gasteiger partial charge is 0.380 e. The van der Waals surface area contributed by atoms with Gasteiger partial charge in [-0.3, -0.25) is 0 Å². The van der Waals surface area contributed by atoms with Gasteiger partial charge in [0.1, 0.15) is 0 Å². The molecule has 0 amide bonds. The van der Waals surface area contributed by atoms with Gasteiger partial charge in [-0.1, -0.05) is 34.1 Å². The van der Waals surface area contributed by atoms with Gasteiger partial charge in [0.05, 0.1) is 0 Å². The normalized spacial score (nSPS) is 10.4. The number of benzene rings is 2. The highest BCUT2D eigenvalue weighted by Crippen LogP contribution is 2.27. The minimum absolute atomic E-state index is 0.841. The van der Waals surface area contributed by atoms with Crippen molar-refractivity contribution in [2.75, 3.05) is 5.32 Å². The van der Waals surface area contributed by atoms with Crippen LogP contribution in [0, 0.1) is 13.8 Å². The third-order valence-electron chi connectivity index (χ3n) is 3.03. The molecule has 18 heavy (non-hydrogen) atoms. The molecule has 0 aliphatic heterocycles. The summed E-state index contributed by atoms with van der Waals surface area (Å²) in [6.45, 7) is 5.15. The zero-order valence-electron chi connectivity index (χ0n) is 10.4. The Balaban J connectivity index is 2.19. The summed E-state index contributed by atoms with van der Waals surface area (Å²) in [5.41, 5.74) is 5.12. The second-order valence-corrected chi connectivity index (χ2v) is 6.12. The molecule has 1 N–H and O–H groups in total. The Morgan fingerprint density at radius 3 is 2.33 bits per heavy atom. The van der Waals surface area contributed by atoms with E-state index in [1.165, 1.54) is 16.7 Å². The fourth-order valence-electron chi connectivity index (χ4n) is 1.94. The molecule has 0 radical (unpaired) electrons. The van der Waals surface area contributed by atoms with Gasteiger partial charge in [-0.05, 0) is 64.7 Å². The number of rotatable bonds is 3. The van der Waals surface area contributed by atoms with E-state index in [1.807, 2.05) is 12.1 Å². The maximum atomic E-state index is 3.56. The maximum absolute atomic E-state index is 3.56. The lowest BCUT2D eigenvalue weighted by Crippen LogP contribution is -2.03. The molecule has 0 saturated heterocycles. The summed E-state index contributed by atoms with van der Waals surface area (Å²) in [6.07, 6.45) is 0. The monoisotopic (exact) mass is 367 g/mol. The third kappa shape index (κ3) is 3.15. The number of hydrogen-bond donors (Lipinski definition) is 1. The van der Waals surface area contributed by atoms with E-state index in [9.17, 15) is 0 Å². The van der Waals surface area contributed by atoms with Crippen LogP contribution in [0.4, 0.5) is 5.69 Å². The van der Waals surface area contributed by atoms with Crippen molar-refractivity contribution in [3.8, 4) is 0 Å². The lowest BCUT2D eigenvalue weighted by molar-refractivity contribution is 1.09. The zero-order valence-corrected chi connectivity index (χ0v) is 13.6. The fourth-order valence-corrected chi connectivity index (χ4v) is 2.69. The van der Waals surface area contributed by atoms with Crippen LogP contribution in [0.2, 0.25) is 0 Å². The Labute approximate surface area is 125 Å². The van der Waals surface area contributed by atoms with Crippen LogP contribution in [0.5, 0.6) is 0 Å². The van der Waals surface area contributed by atoms with Crippen molar-refractivity contribution in [2.45, 2.75) is 20.4 Å². The number of nitrogens with one attached hydrogen (secondary N) is 1. The van der Waals surface area contributed by atoms with E-state index in [-0.39, 0.29) is 0 Å². The first-order valence-corrected chi connectivity index (χ1v) is 7.40. The molecule has 0 heterocycles. The molecule has 1 nitrogen and oxygen atoms in total. The van der Waals surface area contributed by atoms with Crippen molar-refractivity contribution in [3.63, 3.8) is 0 Å². The summed E-state index contributed by atoms with van der Waals surface area (Å²) in [5.74, 6) is 0. The molecule has 0 atom stereocenters. The summed E-state index contributed by atoms with van der Waals surface area (Å²) in [6, 6.07) is 12.5. The molecule has 0 fully saturated rings. The number of anilines is 1. The van der Waals surface area contributed by atoms with Crippen molar-refractivity contribution >= 4 is 37.5 Å². The molecule has 94 valence electrons. The summed E-state index contributed by atoms with van der Waals surface area (Å²) < 4.78 is 2.16. The van der Waals surface area contributed by atoms with Gasteiger partial charge < -0.3 is 5.32 Å². The third-order valence-corrected chi connectivity index (χ3v) is 4.21. The summed E-state index contributed by atoms with van der Waals surface area (Å²) in [5, 5.41) is 3.47. The van der Waals surface area contributed by atoms with Gasteiger partial charge in [-0.15, -0.1) is 0 Å². The van der Waals surface area contributed by atoms with Gasteiger partial charge in [0.15, 0.2) is 0 Å². The van der Waals surface area contributed by atoms with Crippen molar-refractivity contribution in [3.05, 3.63) is 62.0 Å². The van der Waals surface area contributed by atoms with E-state index in [4.69, 9.17) is 0 Å². The standard InChI is InChI=1S/C15H15Br2N/c1-10-4-3-5-11(2)13(10)9-18-15-8-12(16)6-7-14(15)17/h3-8,18H,9H2,1-2H3. The molecule has 0 unspecified atom stereocenters. The Bertz CT molecular complexity index is 544. The molecular formula is C15H15Br2N. The Morgan fingerprint density at radius 2 is 1.67 bits per heavy atom. The average molecular weight is 369 g/mol. The minimum Gasteiger partial charge on any atom is -0.380 e. The Kier molecular flexibility index (Phi) is 4.46. The van der Waals surface area contributed by atoms with E-state index in [0.29, 0.717) is 0 Å². The topological polar surface area (TPSA) is 12.0 Å². The van der Waals surface area contributed by atoms with Crippen LogP contribution >= 0.6 is 31.9 Å². The highest BCUT2D eigenvalue weighted by Gasteiger charge is 2.04. The molecule has 2 aromatic rings. The Morgan fingerprint density at radius 1 is 1.00 bits per heavy atom. The first-order chi connectivity index (χ1) is 8.58. The van der Waals surface area contributed by atoms with Gasteiger partial charge in [0.25, 0.3) is 0 Å². The zero-order chi connectivity index (χ0) is 13.1. The van der Waals surface area contributed by atoms with Gasteiger partial charge in [-0.2, -0.15) is 0 Å². The molecule has 2 rings (SSSR count). The van der Waals surface area contributed by atoms with Crippen LogP contribution in [0.15, 0.2) is 45.3 Å². The van der Waals surface area contributed by atoms with Gasteiger partial charge in [0, 0.05) is 21.2 Å². The molecule has 3 heteroatoms. The van der Waals surface area contributed by atoms with Gasteiger partial charge in [-0.25, -0.2) is 0 Å². The van der Waals surface area contributed by atoms with Gasteiger partial charge >= 0.3 is 0 Å². The van der Waals surface area contributed by atoms with Crippen LogP contribution in [0.1, 0.15) is 16.7 Å². The maximum Gasteiger partial charge on any atom is 0.0498 e. The highest BCUT2D eigenvalue weighted by molar-refractivity contribution is 9.11. The lowest BCUT2D eigenvalue weighted by Gasteiger charge is -2.13. The van der Waals surface area contributed by atoms with Crippen molar-refractivity contribution in [2.24, 2.45) is 0 Å². The summed E-state index contributed by atoms with van der Waals surface area (Å²) in [4.78, 5) is 0. The van der Waals surface area contributed by atoms with Crippen LogP contribution in [0.25, 0.3) is 0 Å². The predicted molar refractivity (Wildman–Crippen MR) is 85.1 cm³/mol. The van der Waals surface area contributed by atoms with E-state index in [2.05, 4.69) is 75.3 Å². The molecular weight excluding hydrogens is 354 g/mol. The first kappa shape index (κ1) is 13.6. The van der Waals surface area contributed by atoms with Crippen molar-refractivity contribution in [1.82, 2.24) is 0 Å². The van der Waals surface area contributed by atoms with Crippen molar-refractivity contribution < 1.29 is 0 Å². The smallest absolute Gasteiger partial charge is 0.0498 e.